The van der Waals surface area contributed by atoms with Gasteiger partial charge in [0.05, 0.1) is 52.0 Å². The van der Waals surface area contributed by atoms with Crippen molar-refractivity contribution in [3.63, 3.8) is 0 Å². The molecule has 3 saturated heterocycles. The molecule has 2 aromatic heterocycles. The number of nitrogens with one attached hydrogen (secondary N) is 1. The molecule has 3 aliphatic heterocycles. The highest BCUT2D eigenvalue weighted by atomic mass is 35.5. The molecule has 4 aromatic rings. The van der Waals surface area contributed by atoms with Crippen molar-refractivity contribution in [2.75, 3.05) is 13.1 Å². The number of pyridine rings is 1. The minimum absolute atomic E-state index is 0.0261. The lowest BCUT2D eigenvalue weighted by Gasteiger charge is -2.39. The Balaban J connectivity index is 1.24. The zero-order chi connectivity index (χ0) is 35.1. The first-order chi connectivity index (χ1) is 24.7. The molecule has 7 atom stereocenters. The molecule has 51 heavy (non-hydrogen) atoms. The average molecular weight is 726 g/mol. The highest BCUT2D eigenvalue weighted by Crippen LogP contribution is 2.51. The Hall–Kier alpha value is -3.73. The number of fused-ring (bicyclic) bond motifs is 4. The van der Waals surface area contributed by atoms with Gasteiger partial charge in [0.25, 0.3) is 0 Å². The number of ether oxygens (including phenoxy) is 1. The first kappa shape index (κ1) is 33.1. The number of aryl methyl sites for hydroxylation is 2. The zero-order valence-electron chi connectivity index (χ0n) is 28.5. The topological polar surface area (TPSA) is 107 Å². The van der Waals surface area contributed by atoms with Gasteiger partial charge in [0.15, 0.2) is 5.82 Å². The summed E-state index contributed by atoms with van der Waals surface area (Å²) in [5, 5.41) is 25.0. The van der Waals surface area contributed by atoms with E-state index < -0.39 is 5.82 Å². The van der Waals surface area contributed by atoms with Crippen LogP contribution in [0, 0.1) is 53.2 Å². The highest BCUT2D eigenvalue weighted by molar-refractivity contribution is 6.43. The Morgan fingerprint density at radius 3 is 2.65 bits per heavy atom. The van der Waals surface area contributed by atoms with Crippen molar-refractivity contribution >= 4 is 50.9 Å². The monoisotopic (exact) mass is 724 g/mol. The maximum absolute atomic E-state index is 17.2. The van der Waals surface area contributed by atoms with E-state index in [4.69, 9.17) is 32.9 Å². The molecule has 8 nitrogen and oxygen atoms in total. The lowest BCUT2D eigenvalue weighted by molar-refractivity contribution is -0.134. The van der Waals surface area contributed by atoms with Gasteiger partial charge in [0.1, 0.15) is 5.52 Å². The van der Waals surface area contributed by atoms with Crippen LogP contribution in [0.2, 0.25) is 10.0 Å². The van der Waals surface area contributed by atoms with Gasteiger partial charge in [-0.05, 0) is 81.5 Å². The lowest BCUT2D eigenvalue weighted by Crippen LogP contribution is -2.41. The predicted octanol–water partition coefficient (Wildman–Crippen LogP) is 8.36. The van der Waals surface area contributed by atoms with Gasteiger partial charge in [-0.3, -0.25) is 4.79 Å². The zero-order valence-corrected chi connectivity index (χ0v) is 30.0. The second kappa shape index (κ2) is 12.7. The van der Waals surface area contributed by atoms with Crippen LogP contribution in [0.25, 0.3) is 32.9 Å². The third-order valence-corrected chi connectivity index (χ3v) is 13.0. The van der Waals surface area contributed by atoms with E-state index in [0.717, 1.165) is 61.7 Å². The number of carbonyl (C=O) groups is 1. The number of hydrogen-bond acceptors (Lipinski definition) is 6. The first-order valence-corrected chi connectivity index (χ1v) is 19.1. The van der Waals surface area contributed by atoms with Crippen molar-refractivity contribution in [3.05, 3.63) is 63.1 Å². The number of rotatable bonds is 8. The molecule has 10 rings (SSSR count). The molecular weight excluding hydrogens is 686 g/mol. The summed E-state index contributed by atoms with van der Waals surface area (Å²) < 4.78 is 26.3. The van der Waals surface area contributed by atoms with Crippen LogP contribution >= 0.6 is 23.2 Å². The Bertz CT molecular complexity index is 2170. The fourth-order valence-electron chi connectivity index (χ4n) is 9.54. The molecule has 3 aliphatic carbocycles. The summed E-state index contributed by atoms with van der Waals surface area (Å²) in [5.41, 5.74) is 4.41. The van der Waals surface area contributed by atoms with Crippen LogP contribution in [0.5, 0.6) is 0 Å². The Morgan fingerprint density at radius 2 is 1.94 bits per heavy atom. The van der Waals surface area contributed by atoms with Crippen LogP contribution in [0.15, 0.2) is 30.3 Å². The Morgan fingerprint density at radius 1 is 1.10 bits per heavy atom. The number of benzene rings is 2. The third-order valence-electron chi connectivity index (χ3n) is 12.2. The number of nitriles is 2. The molecule has 0 radical (unpaired) electrons. The molecular formula is C40H39Cl2FN6O2. The maximum Gasteiger partial charge on any atom is 0.226 e. The summed E-state index contributed by atoms with van der Waals surface area (Å²) in [6.45, 7) is 3.37. The number of halogens is 3. The second-order valence-electron chi connectivity index (χ2n) is 15.3. The van der Waals surface area contributed by atoms with E-state index in [1.807, 2.05) is 13.0 Å². The van der Waals surface area contributed by atoms with E-state index in [-0.39, 0.29) is 65.0 Å². The molecule has 6 aliphatic rings. The second-order valence-corrected chi connectivity index (χ2v) is 16.1. The number of nitrogens with zero attached hydrogens (tertiary/aromatic N) is 5. The molecule has 3 saturated carbocycles. The van der Waals surface area contributed by atoms with Gasteiger partial charge in [-0.25, -0.2) is 9.37 Å². The highest BCUT2D eigenvalue weighted by Gasteiger charge is 2.51. The fraction of sp³-hybridized carbons (Fsp3) is 0.500. The van der Waals surface area contributed by atoms with Gasteiger partial charge in [-0.15, -0.1) is 0 Å². The Labute approximate surface area is 306 Å². The van der Waals surface area contributed by atoms with Gasteiger partial charge < -0.3 is 19.5 Å². The van der Waals surface area contributed by atoms with E-state index in [0.29, 0.717) is 58.1 Å². The molecule has 1 amide bonds. The molecule has 1 N–H and O–H groups in total. The molecule has 262 valence electrons. The van der Waals surface area contributed by atoms with Gasteiger partial charge >= 0.3 is 0 Å². The van der Waals surface area contributed by atoms with Crippen molar-refractivity contribution in [3.8, 4) is 23.3 Å². The standard InChI is InChI=1S/C40H39Cl2FN6O2/c1-20-28-16-33(32-15-26(19-48(32)40(50)22-8-9-22)51-25-10-7-21(12-25)17-45)49(38-24-14-31(38)46-18-24)39(28)29-13-23(4-3-11-44)34(36(43)37(29)47-20)27-5-2-6-30(41)35(27)42/h2,5-6,13,16,21-22,24-26,31-32,38,46H,3-4,7-10,12,14-15,18-19H2,1H3/t21?,24-,25?,26+,31-,32-,38+/m1/s1. The summed E-state index contributed by atoms with van der Waals surface area (Å²) >= 11 is 13.1. The van der Waals surface area contributed by atoms with Crippen molar-refractivity contribution < 1.29 is 13.9 Å². The van der Waals surface area contributed by atoms with Crippen LogP contribution in [-0.2, 0) is 16.0 Å². The van der Waals surface area contributed by atoms with Crippen LogP contribution in [0.1, 0.15) is 80.4 Å². The number of likely N-dealkylation sites (tertiary alicyclic amines) is 1. The lowest BCUT2D eigenvalue weighted by atomic mass is 9.79. The third kappa shape index (κ3) is 5.43. The quantitative estimate of drug-likeness (QED) is 0.196. The molecule has 6 fully saturated rings. The van der Waals surface area contributed by atoms with E-state index in [1.54, 1.807) is 18.2 Å². The molecule has 11 heteroatoms. The molecule has 2 aromatic carbocycles. The van der Waals surface area contributed by atoms with Gasteiger partial charge in [-0.1, -0.05) is 35.3 Å². The molecule has 2 unspecified atom stereocenters. The van der Waals surface area contributed by atoms with Crippen molar-refractivity contribution in [2.45, 2.75) is 95.0 Å². The van der Waals surface area contributed by atoms with E-state index >= 15 is 4.39 Å². The van der Waals surface area contributed by atoms with Crippen LogP contribution in [0.3, 0.4) is 0 Å². The fourth-order valence-corrected chi connectivity index (χ4v) is 9.93. The molecule has 0 spiro atoms. The minimum atomic E-state index is -0.481. The van der Waals surface area contributed by atoms with Crippen LogP contribution in [0.4, 0.5) is 4.39 Å². The summed E-state index contributed by atoms with van der Waals surface area (Å²) in [7, 11) is 0. The number of aromatic nitrogens is 2. The Kier molecular flexibility index (Phi) is 8.28. The SMILES string of the molecule is Cc1nc2c(F)c(-c3cccc(Cl)c3Cl)c(CCC#N)cc2c2c1cc([C@H]1C[C@H](OC3CCC(C#N)C3)CN1C(=O)C1CC1)n2[C@H]1[C@H]2CN[C@@H]1C2. The van der Waals surface area contributed by atoms with Crippen molar-refractivity contribution in [2.24, 2.45) is 17.8 Å². The van der Waals surface area contributed by atoms with Gasteiger partial charge in [0, 0.05) is 77.1 Å². The van der Waals surface area contributed by atoms with Gasteiger partial charge in [-0.2, -0.15) is 10.5 Å². The summed E-state index contributed by atoms with van der Waals surface area (Å²) in [6, 6.07) is 14.3. The molecule has 5 heterocycles. The average Bonchev–Trinajstić information content (AvgIpc) is 3.58. The number of hydrogen-bond donors (Lipinski definition) is 1. The summed E-state index contributed by atoms with van der Waals surface area (Å²) in [4.78, 5) is 21.0. The maximum atomic E-state index is 17.2. The summed E-state index contributed by atoms with van der Waals surface area (Å²) in [5.74, 6) is 0.205. The van der Waals surface area contributed by atoms with Crippen molar-refractivity contribution in [1.82, 2.24) is 19.8 Å². The largest absolute Gasteiger partial charge is 0.373 e. The predicted molar refractivity (Wildman–Crippen MR) is 194 cm³/mol. The normalized spacial score (nSPS) is 28.4. The van der Waals surface area contributed by atoms with E-state index in [1.165, 1.54) is 0 Å². The van der Waals surface area contributed by atoms with Crippen LogP contribution < -0.4 is 5.32 Å². The van der Waals surface area contributed by atoms with Crippen molar-refractivity contribution in [1.29, 1.82) is 10.5 Å². The molecule has 2 bridgehead atoms. The van der Waals surface area contributed by atoms with E-state index in [9.17, 15) is 15.3 Å². The number of carbonyl (C=O) groups excluding carboxylic acids is 1. The first-order valence-electron chi connectivity index (χ1n) is 18.3. The van der Waals surface area contributed by atoms with E-state index in [2.05, 4.69) is 33.0 Å². The van der Waals surface area contributed by atoms with Crippen LogP contribution in [-0.4, -0.2) is 51.7 Å². The van der Waals surface area contributed by atoms with Gasteiger partial charge in [0.2, 0.25) is 5.91 Å². The number of amides is 1. The minimum Gasteiger partial charge on any atom is -0.373 e. The smallest absolute Gasteiger partial charge is 0.226 e. The summed E-state index contributed by atoms with van der Waals surface area (Å²) in [6.07, 6.45) is 6.48.